The summed E-state index contributed by atoms with van der Waals surface area (Å²) in [6.07, 6.45) is -3.94. The highest BCUT2D eigenvalue weighted by atomic mass is 31.2. The molecular formula is C18H26F5O4P. The molecule has 10 heteroatoms. The van der Waals surface area contributed by atoms with E-state index in [1.165, 1.54) is 12.1 Å². The zero-order chi connectivity index (χ0) is 21.3. The standard InChI is InChI=1S/C18H26F5O4P/c19-16(18(22,23)28(24,25)26)13-9-4-2-1-3-5-10-14-17(20,21)27-15-11-7-6-8-12-15/h6-8,11-12,16H,1-5,9-10,13-14H2,(H2,24,25,26). The highest BCUT2D eigenvalue weighted by Crippen LogP contribution is 2.56. The van der Waals surface area contributed by atoms with Crippen LogP contribution in [-0.2, 0) is 4.57 Å². The van der Waals surface area contributed by atoms with Gasteiger partial charge in [0.1, 0.15) is 5.75 Å². The Bertz CT molecular complexity index is 609. The van der Waals surface area contributed by atoms with Gasteiger partial charge in [0.15, 0.2) is 6.17 Å². The highest BCUT2D eigenvalue weighted by Gasteiger charge is 2.55. The van der Waals surface area contributed by atoms with Crippen LogP contribution in [0.1, 0.15) is 57.8 Å². The Morgan fingerprint density at radius 1 is 0.893 bits per heavy atom. The fraction of sp³-hybridized carbons (Fsp3) is 0.667. The van der Waals surface area contributed by atoms with Crippen molar-refractivity contribution in [2.75, 3.05) is 0 Å². The van der Waals surface area contributed by atoms with Crippen LogP contribution in [-0.4, -0.2) is 27.7 Å². The second kappa shape index (κ2) is 11.1. The molecule has 28 heavy (non-hydrogen) atoms. The Labute approximate surface area is 161 Å². The molecule has 0 spiro atoms. The van der Waals surface area contributed by atoms with Crippen LogP contribution in [0.5, 0.6) is 5.75 Å². The molecule has 0 radical (unpaired) electrons. The molecular weight excluding hydrogens is 406 g/mol. The first-order valence-electron chi connectivity index (χ1n) is 9.15. The van der Waals surface area contributed by atoms with Gasteiger partial charge in [-0.05, 0) is 25.0 Å². The number of halogens is 5. The van der Waals surface area contributed by atoms with Crippen LogP contribution in [0.2, 0.25) is 0 Å². The van der Waals surface area contributed by atoms with Crippen LogP contribution >= 0.6 is 7.60 Å². The van der Waals surface area contributed by atoms with Crippen molar-refractivity contribution >= 4 is 7.60 Å². The Morgan fingerprint density at radius 3 is 1.93 bits per heavy atom. The molecule has 1 aromatic carbocycles. The minimum atomic E-state index is -5.81. The Balaban J connectivity index is 2.08. The summed E-state index contributed by atoms with van der Waals surface area (Å²) < 4.78 is 81.9. The SMILES string of the molecule is O=P(O)(O)C(F)(F)C(F)CCCCCCCCCC(F)(F)Oc1ccccc1. The second-order valence-electron chi connectivity index (χ2n) is 6.67. The summed E-state index contributed by atoms with van der Waals surface area (Å²) in [5.41, 5.74) is -4.67. The van der Waals surface area contributed by atoms with Crippen molar-refractivity contribution in [2.45, 2.75) is 75.7 Å². The summed E-state index contributed by atoms with van der Waals surface area (Å²) in [6.45, 7) is 0. The summed E-state index contributed by atoms with van der Waals surface area (Å²) in [4.78, 5) is 16.9. The molecule has 4 nitrogen and oxygen atoms in total. The Kier molecular flexibility index (Phi) is 9.87. The zero-order valence-corrected chi connectivity index (χ0v) is 16.3. The summed E-state index contributed by atoms with van der Waals surface area (Å²) in [6, 6.07) is 7.80. The lowest BCUT2D eigenvalue weighted by Gasteiger charge is -2.21. The molecule has 0 saturated heterocycles. The molecule has 1 rings (SSSR count). The number of rotatable bonds is 14. The summed E-state index contributed by atoms with van der Waals surface area (Å²) >= 11 is 0. The van der Waals surface area contributed by atoms with Gasteiger partial charge in [-0.25, -0.2) is 4.39 Å². The van der Waals surface area contributed by atoms with Gasteiger partial charge in [-0.15, -0.1) is 0 Å². The fourth-order valence-corrected chi connectivity index (χ4v) is 3.10. The molecule has 162 valence electrons. The normalized spacial score (nSPS) is 14.1. The molecule has 1 unspecified atom stereocenters. The van der Waals surface area contributed by atoms with Crippen LogP contribution in [0.4, 0.5) is 22.0 Å². The van der Waals surface area contributed by atoms with Crippen molar-refractivity contribution in [1.82, 2.24) is 0 Å². The van der Waals surface area contributed by atoms with Gasteiger partial charge in [0, 0.05) is 0 Å². The summed E-state index contributed by atoms with van der Waals surface area (Å²) in [5, 5.41) is 0. The lowest BCUT2D eigenvalue weighted by atomic mass is 10.1. The largest absolute Gasteiger partial charge is 0.433 e. The molecule has 0 heterocycles. The van der Waals surface area contributed by atoms with Crippen molar-refractivity contribution in [3.63, 3.8) is 0 Å². The molecule has 0 aliphatic carbocycles. The Hall–Kier alpha value is -1.18. The van der Waals surface area contributed by atoms with E-state index in [-0.39, 0.29) is 18.6 Å². The fourth-order valence-electron chi connectivity index (χ4n) is 2.61. The third-order valence-electron chi connectivity index (χ3n) is 4.20. The number of benzene rings is 1. The molecule has 1 atom stereocenters. The van der Waals surface area contributed by atoms with Crippen LogP contribution in [0.25, 0.3) is 0 Å². The topological polar surface area (TPSA) is 66.8 Å². The molecule has 1 aromatic rings. The van der Waals surface area contributed by atoms with Crippen LogP contribution in [0, 0.1) is 0 Å². The molecule has 0 bridgehead atoms. The zero-order valence-electron chi connectivity index (χ0n) is 15.4. The third kappa shape index (κ3) is 8.88. The van der Waals surface area contributed by atoms with Crippen LogP contribution in [0.3, 0.4) is 0 Å². The van der Waals surface area contributed by atoms with Gasteiger partial charge in [0.05, 0.1) is 6.42 Å². The minimum absolute atomic E-state index is 0.0692. The van der Waals surface area contributed by atoms with Crippen LogP contribution in [0.15, 0.2) is 30.3 Å². The van der Waals surface area contributed by atoms with E-state index < -0.39 is 38.4 Å². The first kappa shape index (κ1) is 24.9. The number of hydrogen-bond acceptors (Lipinski definition) is 2. The van der Waals surface area contributed by atoms with Crippen molar-refractivity contribution in [1.29, 1.82) is 0 Å². The molecule has 0 aliphatic rings. The molecule has 2 N–H and O–H groups in total. The lowest BCUT2D eigenvalue weighted by Crippen LogP contribution is -2.29. The monoisotopic (exact) mass is 432 g/mol. The molecule has 0 saturated carbocycles. The van der Waals surface area contributed by atoms with Gasteiger partial charge in [-0.2, -0.15) is 17.6 Å². The van der Waals surface area contributed by atoms with Gasteiger partial charge in [0.25, 0.3) is 0 Å². The number of unbranched alkanes of at least 4 members (excludes halogenated alkanes) is 6. The van der Waals surface area contributed by atoms with E-state index in [1.54, 1.807) is 18.2 Å². The number of ether oxygens (including phenoxy) is 1. The number of hydrogen-bond donors (Lipinski definition) is 2. The summed E-state index contributed by atoms with van der Waals surface area (Å²) in [7, 11) is -5.81. The predicted octanol–water partition coefficient (Wildman–Crippen LogP) is 6.28. The third-order valence-corrected chi connectivity index (χ3v) is 5.26. The highest BCUT2D eigenvalue weighted by molar-refractivity contribution is 7.53. The number of para-hydroxylation sites is 1. The first-order chi connectivity index (χ1) is 13.0. The lowest BCUT2D eigenvalue weighted by molar-refractivity contribution is -0.181. The Morgan fingerprint density at radius 2 is 1.39 bits per heavy atom. The van der Waals surface area contributed by atoms with Gasteiger partial charge in [0.2, 0.25) is 0 Å². The van der Waals surface area contributed by atoms with Gasteiger partial charge >= 0.3 is 19.4 Å². The van der Waals surface area contributed by atoms with Crippen molar-refractivity contribution in [2.24, 2.45) is 0 Å². The molecule has 0 aromatic heterocycles. The van der Waals surface area contributed by atoms with E-state index in [0.29, 0.717) is 32.1 Å². The summed E-state index contributed by atoms with van der Waals surface area (Å²) in [5.74, 6) is 0.1000. The van der Waals surface area contributed by atoms with Gasteiger partial charge in [-0.1, -0.05) is 56.7 Å². The van der Waals surface area contributed by atoms with E-state index >= 15 is 0 Å². The predicted molar refractivity (Wildman–Crippen MR) is 95.5 cm³/mol. The molecule has 0 amide bonds. The van der Waals surface area contributed by atoms with E-state index in [9.17, 15) is 26.5 Å². The first-order valence-corrected chi connectivity index (χ1v) is 10.8. The average Bonchev–Trinajstić information content (AvgIpc) is 2.59. The average molecular weight is 432 g/mol. The van der Waals surface area contributed by atoms with Gasteiger partial charge in [-0.3, -0.25) is 4.57 Å². The van der Waals surface area contributed by atoms with E-state index in [4.69, 9.17) is 9.79 Å². The number of alkyl halides is 5. The molecule has 0 fully saturated rings. The van der Waals surface area contributed by atoms with Crippen molar-refractivity contribution in [3.05, 3.63) is 30.3 Å². The maximum atomic E-state index is 13.7. The van der Waals surface area contributed by atoms with Crippen LogP contribution < -0.4 is 4.74 Å². The maximum Gasteiger partial charge on any atom is 0.397 e. The minimum Gasteiger partial charge on any atom is -0.433 e. The van der Waals surface area contributed by atoms with E-state index in [1.807, 2.05) is 0 Å². The van der Waals surface area contributed by atoms with Crippen molar-refractivity contribution in [3.8, 4) is 5.75 Å². The smallest absolute Gasteiger partial charge is 0.397 e. The molecule has 0 aliphatic heterocycles. The van der Waals surface area contributed by atoms with Crippen molar-refractivity contribution < 1.29 is 41.0 Å². The van der Waals surface area contributed by atoms with E-state index in [2.05, 4.69) is 4.74 Å². The quantitative estimate of drug-likeness (QED) is 0.206. The van der Waals surface area contributed by atoms with E-state index in [0.717, 1.165) is 0 Å². The second-order valence-corrected chi connectivity index (χ2v) is 8.35. The maximum absolute atomic E-state index is 13.7. The van der Waals surface area contributed by atoms with Gasteiger partial charge < -0.3 is 14.5 Å².